The van der Waals surface area contributed by atoms with E-state index < -0.39 is 28.6 Å². The van der Waals surface area contributed by atoms with E-state index in [9.17, 15) is 22.2 Å². The molecule has 0 aromatic heterocycles. The van der Waals surface area contributed by atoms with Crippen molar-refractivity contribution in [1.29, 1.82) is 0 Å². The molecule has 156 valence electrons. The second-order valence-corrected chi connectivity index (χ2v) is 9.09. The lowest BCUT2D eigenvalue weighted by Crippen LogP contribution is -2.16. The first-order chi connectivity index (χ1) is 14.1. The van der Waals surface area contributed by atoms with E-state index in [-0.39, 0.29) is 16.1 Å². The number of amides is 1. The molecule has 4 nitrogen and oxygen atoms in total. The molecule has 0 bridgehead atoms. The number of carbonyl (C=O) groups is 1. The maximum Gasteiger partial charge on any atom is 0.416 e. The topological polar surface area (TPSA) is 58.2 Å². The zero-order valence-electron chi connectivity index (χ0n) is 15.0. The molecule has 3 aromatic rings. The van der Waals surface area contributed by atoms with Crippen molar-refractivity contribution in [3.63, 3.8) is 0 Å². The SMILES string of the molecule is O=C(Nc1ccc(Br)cc1)c1cc(Br)ccc1NS(=O)c1ccc(C(F)(F)F)cc1. The third kappa shape index (κ3) is 5.71. The first-order valence-corrected chi connectivity index (χ1v) is 11.1. The lowest BCUT2D eigenvalue weighted by molar-refractivity contribution is -0.137. The van der Waals surface area contributed by atoms with Crippen LogP contribution in [-0.2, 0) is 17.2 Å². The average Bonchev–Trinajstić information content (AvgIpc) is 2.70. The van der Waals surface area contributed by atoms with Crippen molar-refractivity contribution < 1.29 is 22.2 Å². The summed E-state index contributed by atoms with van der Waals surface area (Å²) in [7, 11) is -1.87. The van der Waals surface area contributed by atoms with E-state index in [1.807, 2.05) is 0 Å². The molecule has 0 aliphatic carbocycles. The van der Waals surface area contributed by atoms with E-state index >= 15 is 0 Å². The van der Waals surface area contributed by atoms with Crippen LogP contribution in [0.25, 0.3) is 0 Å². The van der Waals surface area contributed by atoms with Crippen LogP contribution in [0.4, 0.5) is 24.5 Å². The van der Waals surface area contributed by atoms with Gasteiger partial charge in [0, 0.05) is 14.6 Å². The maximum atomic E-state index is 12.7. The van der Waals surface area contributed by atoms with Crippen molar-refractivity contribution in [2.45, 2.75) is 11.1 Å². The molecule has 1 atom stereocenters. The van der Waals surface area contributed by atoms with Crippen molar-refractivity contribution in [3.8, 4) is 0 Å². The molecule has 1 unspecified atom stereocenters. The monoisotopic (exact) mass is 560 g/mol. The first kappa shape index (κ1) is 22.5. The third-order valence-electron chi connectivity index (χ3n) is 3.93. The quantitative estimate of drug-likeness (QED) is 0.368. The highest BCUT2D eigenvalue weighted by atomic mass is 79.9. The van der Waals surface area contributed by atoms with Gasteiger partial charge in [-0.2, -0.15) is 13.2 Å². The van der Waals surface area contributed by atoms with Crippen LogP contribution in [0.5, 0.6) is 0 Å². The Morgan fingerprint density at radius 2 is 1.47 bits per heavy atom. The van der Waals surface area contributed by atoms with E-state index in [0.717, 1.165) is 28.7 Å². The fraction of sp³-hybridized carbons (Fsp3) is 0.0500. The van der Waals surface area contributed by atoms with Gasteiger partial charge in [0.25, 0.3) is 5.91 Å². The van der Waals surface area contributed by atoms with Crippen molar-refractivity contribution in [2.24, 2.45) is 0 Å². The van der Waals surface area contributed by atoms with Gasteiger partial charge in [-0.25, -0.2) is 4.21 Å². The molecule has 0 radical (unpaired) electrons. The Kier molecular flexibility index (Phi) is 6.99. The van der Waals surface area contributed by atoms with Crippen molar-refractivity contribution in [3.05, 3.63) is 86.8 Å². The zero-order valence-corrected chi connectivity index (χ0v) is 19.0. The summed E-state index contributed by atoms with van der Waals surface area (Å²) in [6.07, 6.45) is -4.47. The van der Waals surface area contributed by atoms with E-state index in [2.05, 4.69) is 41.9 Å². The Bertz CT molecular complexity index is 1090. The summed E-state index contributed by atoms with van der Waals surface area (Å²) >= 11 is 6.62. The van der Waals surface area contributed by atoms with Crippen LogP contribution in [0.15, 0.2) is 80.6 Å². The van der Waals surface area contributed by atoms with Gasteiger partial charge in [0.15, 0.2) is 0 Å². The minimum atomic E-state index is -4.47. The second-order valence-electron chi connectivity index (χ2n) is 6.04. The number of alkyl halides is 3. The summed E-state index contributed by atoms with van der Waals surface area (Å²) < 4.78 is 54.9. The molecule has 0 heterocycles. The number of hydrogen-bond donors (Lipinski definition) is 2. The van der Waals surface area contributed by atoms with Crippen molar-refractivity contribution >= 4 is 60.1 Å². The molecule has 30 heavy (non-hydrogen) atoms. The first-order valence-electron chi connectivity index (χ1n) is 8.35. The Morgan fingerprint density at radius 3 is 2.07 bits per heavy atom. The zero-order chi connectivity index (χ0) is 21.9. The van der Waals surface area contributed by atoms with Crippen LogP contribution in [0, 0.1) is 0 Å². The highest BCUT2D eigenvalue weighted by molar-refractivity contribution is 9.10. The van der Waals surface area contributed by atoms with Crippen LogP contribution < -0.4 is 10.0 Å². The Balaban J connectivity index is 1.81. The molecule has 2 N–H and O–H groups in total. The molecule has 0 spiro atoms. The highest BCUT2D eigenvalue weighted by Gasteiger charge is 2.30. The summed E-state index contributed by atoms with van der Waals surface area (Å²) in [5, 5.41) is 2.75. The number of anilines is 2. The Morgan fingerprint density at radius 1 is 0.867 bits per heavy atom. The van der Waals surface area contributed by atoms with Crippen molar-refractivity contribution in [1.82, 2.24) is 0 Å². The highest BCUT2D eigenvalue weighted by Crippen LogP contribution is 2.30. The fourth-order valence-electron chi connectivity index (χ4n) is 2.45. The maximum absolute atomic E-state index is 12.7. The molecule has 3 aromatic carbocycles. The number of carbonyl (C=O) groups excluding carboxylic acids is 1. The molecular formula is C20H13Br2F3N2O2S. The normalized spacial score (nSPS) is 12.3. The minimum absolute atomic E-state index is 0.144. The second kappa shape index (κ2) is 9.32. The lowest BCUT2D eigenvalue weighted by Gasteiger charge is -2.13. The number of nitrogens with one attached hydrogen (secondary N) is 2. The van der Waals surface area contributed by atoms with Crippen LogP contribution in [0.1, 0.15) is 15.9 Å². The predicted molar refractivity (Wildman–Crippen MR) is 118 cm³/mol. The molecule has 1 amide bonds. The Labute approximate surface area is 189 Å². The van der Waals surface area contributed by atoms with E-state index in [1.165, 1.54) is 0 Å². The predicted octanol–water partition coefficient (Wildman–Crippen LogP) is 6.62. The molecule has 10 heteroatoms. The average molecular weight is 562 g/mol. The number of benzene rings is 3. The number of rotatable bonds is 5. The number of halogens is 5. The van der Waals surface area contributed by atoms with Gasteiger partial charge in [-0.05, 0) is 66.7 Å². The van der Waals surface area contributed by atoms with Crippen LogP contribution in [-0.4, -0.2) is 10.1 Å². The summed E-state index contributed by atoms with van der Waals surface area (Å²) in [4.78, 5) is 12.9. The van der Waals surface area contributed by atoms with Gasteiger partial charge in [-0.3, -0.25) is 4.79 Å². The van der Waals surface area contributed by atoms with Gasteiger partial charge in [0.05, 0.1) is 21.7 Å². The molecule has 0 saturated heterocycles. The van der Waals surface area contributed by atoms with E-state index in [1.54, 1.807) is 42.5 Å². The molecule has 0 fully saturated rings. The van der Waals surface area contributed by atoms with Crippen molar-refractivity contribution in [2.75, 3.05) is 10.0 Å². The standard InChI is InChI=1S/C20H13Br2F3N2O2S/c21-13-3-6-15(7-4-13)26-19(28)17-11-14(22)5-10-18(17)27-30(29)16-8-1-12(2-9-16)20(23,24)25/h1-11,27H,(H,26,28). The fourth-order valence-corrected chi connectivity index (χ4v) is 3.96. The van der Waals surface area contributed by atoms with E-state index in [0.29, 0.717) is 10.2 Å². The summed E-state index contributed by atoms with van der Waals surface area (Å²) in [6.45, 7) is 0. The van der Waals surface area contributed by atoms with Gasteiger partial charge in [0.1, 0.15) is 11.0 Å². The minimum Gasteiger partial charge on any atom is -0.322 e. The molecular weight excluding hydrogens is 549 g/mol. The van der Waals surface area contributed by atoms with Gasteiger partial charge in [-0.15, -0.1) is 0 Å². The van der Waals surface area contributed by atoms with Gasteiger partial charge < -0.3 is 10.0 Å². The summed E-state index contributed by atoms with van der Waals surface area (Å²) in [5.41, 5.74) is 0.220. The van der Waals surface area contributed by atoms with Crippen LogP contribution in [0.3, 0.4) is 0 Å². The summed E-state index contributed by atoms with van der Waals surface area (Å²) in [5.74, 6) is -0.439. The summed E-state index contributed by atoms with van der Waals surface area (Å²) in [6, 6.07) is 15.7. The molecule has 3 rings (SSSR count). The van der Waals surface area contributed by atoms with Gasteiger partial charge in [0.2, 0.25) is 0 Å². The van der Waals surface area contributed by atoms with E-state index in [4.69, 9.17) is 0 Å². The third-order valence-corrected chi connectivity index (χ3v) is 6.05. The lowest BCUT2D eigenvalue weighted by atomic mass is 10.1. The molecule has 0 saturated carbocycles. The Hall–Kier alpha value is -2.17. The van der Waals surface area contributed by atoms with Gasteiger partial charge in [-0.1, -0.05) is 31.9 Å². The molecule has 0 aliphatic heterocycles. The smallest absolute Gasteiger partial charge is 0.322 e. The van der Waals surface area contributed by atoms with Gasteiger partial charge >= 0.3 is 6.18 Å². The largest absolute Gasteiger partial charge is 0.416 e. The molecule has 0 aliphatic rings. The number of hydrogen-bond acceptors (Lipinski definition) is 2. The van der Waals surface area contributed by atoms with Crippen LogP contribution >= 0.6 is 31.9 Å². The van der Waals surface area contributed by atoms with Crippen LogP contribution in [0.2, 0.25) is 0 Å².